The molecule has 0 bridgehead atoms. The standard InChI is InChI=1S/C16H24O4/c1-15(2)12-10(19-12)11-13(20-11)16(15,14(17)18)8-9-6-4-3-5-7-9/h9-13H,3-8H2,1-2H3,(H,17,18). The molecule has 2 heterocycles. The Kier molecular flexibility index (Phi) is 2.60. The van der Waals surface area contributed by atoms with Crippen molar-refractivity contribution < 1.29 is 19.4 Å². The molecule has 5 atom stereocenters. The maximum absolute atomic E-state index is 12.2. The average Bonchev–Trinajstić information content (AvgIpc) is 3.25. The molecule has 0 spiro atoms. The van der Waals surface area contributed by atoms with E-state index in [4.69, 9.17) is 9.47 Å². The fourth-order valence-electron chi connectivity index (χ4n) is 5.06. The highest BCUT2D eigenvalue weighted by Crippen LogP contribution is 2.67. The Hall–Kier alpha value is -0.610. The first-order chi connectivity index (χ1) is 9.48. The molecule has 1 N–H and O–H groups in total. The van der Waals surface area contributed by atoms with Crippen LogP contribution in [-0.2, 0) is 14.3 Å². The summed E-state index contributed by atoms with van der Waals surface area (Å²) in [6.45, 7) is 4.15. The SMILES string of the molecule is CC1(C)C2OC2C2OC2C1(CC1CCCCC1)C(=O)O. The van der Waals surface area contributed by atoms with E-state index < -0.39 is 11.4 Å². The van der Waals surface area contributed by atoms with Crippen LogP contribution in [0, 0.1) is 16.7 Å². The monoisotopic (exact) mass is 280 g/mol. The van der Waals surface area contributed by atoms with E-state index in [0.717, 1.165) is 6.42 Å². The van der Waals surface area contributed by atoms with Crippen LogP contribution in [0.5, 0.6) is 0 Å². The van der Waals surface area contributed by atoms with E-state index in [-0.39, 0.29) is 29.8 Å². The Bertz CT molecular complexity index is 440. The van der Waals surface area contributed by atoms with E-state index in [2.05, 4.69) is 13.8 Å². The number of fused-ring (bicyclic) bond motifs is 3. The molecule has 4 fully saturated rings. The van der Waals surface area contributed by atoms with Crippen LogP contribution in [0.2, 0.25) is 0 Å². The van der Waals surface area contributed by atoms with Gasteiger partial charge in [-0.1, -0.05) is 46.0 Å². The van der Waals surface area contributed by atoms with Gasteiger partial charge in [0.1, 0.15) is 23.7 Å². The van der Waals surface area contributed by atoms with Crippen LogP contribution in [0.25, 0.3) is 0 Å². The lowest BCUT2D eigenvalue weighted by Crippen LogP contribution is -2.56. The second-order valence-electron chi connectivity index (χ2n) is 7.75. The van der Waals surface area contributed by atoms with Gasteiger partial charge in [0.25, 0.3) is 0 Å². The molecule has 5 unspecified atom stereocenters. The molecule has 4 aliphatic rings. The minimum absolute atomic E-state index is 0.0488. The van der Waals surface area contributed by atoms with Crippen molar-refractivity contribution in [1.29, 1.82) is 0 Å². The lowest BCUT2D eigenvalue weighted by molar-refractivity contribution is -0.164. The van der Waals surface area contributed by atoms with Gasteiger partial charge in [-0.2, -0.15) is 0 Å². The fourth-order valence-corrected chi connectivity index (χ4v) is 5.06. The van der Waals surface area contributed by atoms with Gasteiger partial charge in [0.15, 0.2) is 0 Å². The van der Waals surface area contributed by atoms with Crippen molar-refractivity contribution in [1.82, 2.24) is 0 Å². The van der Waals surface area contributed by atoms with E-state index >= 15 is 0 Å². The molecule has 2 aliphatic heterocycles. The second-order valence-corrected chi connectivity index (χ2v) is 7.75. The van der Waals surface area contributed by atoms with Gasteiger partial charge in [-0.15, -0.1) is 0 Å². The van der Waals surface area contributed by atoms with E-state index in [1.807, 2.05) is 0 Å². The Morgan fingerprint density at radius 1 is 1.10 bits per heavy atom. The normalized spacial score (nSPS) is 49.1. The van der Waals surface area contributed by atoms with Crippen molar-refractivity contribution >= 4 is 5.97 Å². The minimum atomic E-state index is -0.753. The third-order valence-corrected chi connectivity index (χ3v) is 6.44. The molecule has 2 saturated heterocycles. The molecule has 0 aromatic heterocycles. The summed E-state index contributed by atoms with van der Waals surface area (Å²) in [5, 5.41) is 10.1. The topological polar surface area (TPSA) is 62.4 Å². The highest BCUT2D eigenvalue weighted by molar-refractivity contribution is 5.78. The van der Waals surface area contributed by atoms with E-state index in [9.17, 15) is 9.90 Å². The third kappa shape index (κ3) is 1.52. The zero-order valence-corrected chi connectivity index (χ0v) is 12.3. The summed E-state index contributed by atoms with van der Waals surface area (Å²) in [5.74, 6) is -0.131. The molecule has 0 aromatic carbocycles. The van der Waals surface area contributed by atoms with Gasteiger partial charge in [0.2, 0.25) is 0 Å². The smallest absolute Gasteiger partial charge is 0.313 e. The predicted molar refractivity (Wildman–Crippen MR) is 72.4 cm³/mol. The number of ether oxygens (including phenoxy) is 2. The Balaban J connectivity index is 1.66. The summed E-state index contributed by atoms with van der Waals surface area (Å²) in [6.07, 6.45) is 7.08. The van der Waals surface area contributed by atoms with Gasteiger partial charge < -0.3 is 14.6 Å². The zero-order chi connectivity index (χ0) is 14.1. The van der Waals surface area contributed by atoms with E-state index in [1.165, 1.54) is 32.1 Å². The van der Waals surface area contributed by atoms with Crippen molar-refractivity contribution in [2.45, 2.75) is 76.8 Å². The number of epoxide rings is 2. The largest absolute Gasteiger partial charge is 0.481 e. The number of carboxylic acid groups (broad SMARTS) is 1. The summed E-state index contributed by atoms with van der Waals surface area (Å²) >= 11 is 0. The van der Waals surface area contributed by atoms with Gasteiger partial charge in [0.05, 0.1) is 6.10 Å². The molecule has 4 nitrogen and oxygen atoms in total. The van der Waals surface area contributed by atoms with Crippen LogP contribution < -0.4 is 0 Å². The number of hydrogen-bond acceptors (Lipinski definition) is 3. The number of rotatable bonds is 3. The molecule has 2 aliphatic carbocycles. The van der Waals surface area contributed by atoms with Crippen LogP contribution >= 0.6 is 0 Å². The molecule has 0 aromatic rings. The van der Waals surface area contributed by atoms with Gasteiger partial charge in [-0.3, -0.25) is 4.79 Å². The number of carboxylic acids is 1. The first-order valence-corrected chi connectivity index (χ1v) is 8.03. The average molecular weight is 280 g/mol. The summed E-state index contributed by atoms with van der Waals surface area (Å²) < 4.78 is 11.5. The molecular formula is C16H24O4. The number of hydrogen-bond donors (Lipinski definition) is 1. The van der Waals surface area contributed by atoms with Gasteiger partial charge in [0, 0.05) is 5.41 Å². The summed E-state index contributed by atoms with van der Waals surface area (Å²) in [7, 11) is 0. The van der Waals surface area contributed by atoms with E-state index in [0.29, 0.717) is 5.92 Å². The van der Waals surface area contributed by atoms with Gasteiger partial charge in [-0.25, -0.2) is 0 Å². The van der Waals surface area contributed by atoms with Crippen LogP contribution in [-0.4, -0.2) is 35.5 Å². The maximum atomic E-state index is 12.2. The maximum Gasteiger partial charge on any atom is 0.313 e. The van der Waals surface area contributed by atoms with Crippen LogP contribution in [0.3, 0.4) is 0 Å². The van der Waals surface area contributed by atoms with Crippen molar-refractivity contribution in [3.05, 3.63) is 0 Å². The predicted octanol–water partition coefficient (Wildman–Crippen LogP) is 2.60. The van der Waals surface area contributed by atoms with Crippen molar-refractivity contribution in [3.63, 3.8) is 0 Å². The molecule has 0 radical (unpaired) electrons. The summed E-state index contributed by atoms with van der Waals surface area (Å²) in [4.78, 5) is 12.2. The highest BCUT2D eigenvalue weighted by atomic mass is 16.7. The quantitative estimate of drug-likeness (QED) is 0.807. The van der Waals surface area contributed by atoms with Gasteiger partial charge in [-0.05, 0) is 12.3 Å². The first-order valence-electron chi connectivity index (χ1n) is 8.03. The fraction of sp³-hybridized carbons (Fsp3) is 0.938. The van der Waals surface area contributed by atoms with Crippen molar-refractivity contribution in [2.24, 2.45) is 16.7 Å². The van der Waals surface area contributed by atoms with E-state index in [1.54, 1.807) is 0 Å². The zero-order valence-electron chi connectivity index (χ0n) is 12.3. The summed E-state index contributed by atoms with van der Waals surface area (Å²) in [5.41, 5.74) is -1.09. The second kappa shape index (κ2) is 3.98. The van der Waals surface area contributed by atoms with Crippen LogP contribution in [0.1, 0.15) is 52.4 Å². The number of carbonyl (C=O) groups is 1. The highest BCUT2D eigenvalue weighted by Gasteiger charge is 2.80. The lowest BCUT2D eigenvalue weighted by atomic mass is 9.54. The van der Waals surface area contributed by atoms with Gasteiger partial charge >= 0.3 is 5.97 Å². The molecule has 20 heavy (non-hydrogen) atoms. The molecule has 112 valence electrons. The van der Waals surface area contributed by atoms with Crippen LogP contribution in [0.15, 0.2) is 0 Å². The first kappa shape index (κ1) is 13.1. The third-order valence-electron chi connectivity index (χ3n) is 6.44. The molecule has 2 saturated carbocycles. The van der Waals surface area contributed by atoms with Crippen molar-refractivity contribution in [3.8, 4) is 0 Å². The lowest BCUT2D eigenvalue weighted by Gasteiger charge is -2.46. The van der Waals surface area contributed by atoms with Crippen molar-refractivity contribution in [2.75, 3.05) is 0 Å². The molecule has 4 heteroatoms. The molecule has 4 rings (SSSR count). The Labute approximate surface area is 119 Å². The Morgan fingerprint density at radius 3 is 2.35 bits per heavy atom. The summed E-state index contributed by atoms with van der Waals surface area (Å²) in [6, 6.07) is 0. The molecule has 0 amide bonds. The van der Waals surface area contributed by atoms with Crippen LogP contribution in [0.4, 0.5) is 0 Å². The minimum Gasteiger partial charge on any atom is -0.481 e. The number of aliphatic carboxylic acids is 1. The molecular weight excluding hydrogens is 256 g/mol. The Morgan fingerprint density at radius 2 is 1.70 bits per heavy atom.